The van der Waals surface area contributed by atoms with E-state index in [0.717, 1.165) is 12.2 Å². The second-order valence-electron chi connectivity index (χ2n) is 4.66. The van der Waals surface area contributed by atoms with E-state index in [-0.39, 0.29) is 24.0 Å². The lowest BCUT2D eigenvalue weighted by atomic mass is 10.0. The summed E-state index contributed by atoms with van der Waals surface area (Å²) >= 11 is 0. The summed E-state index contributed by atoms with van der Waals surface area (Å²) < 4.78 is 0. The van der Waals surface area contributed by atoms with Gasteiger partial charge < -0.3 is 21.7 Å². The van der Waals surface area contributed by atoms with Gasteiger partial charge >= 0.3 is 11.9 Å². The number of amides is 2. The molecule has 8 heteroatoms. The number of hydrogen-bond donors (Lipinski definition) is 4. The van der Waals surface area contributed by atoms with Crippen LogP contribution in [0.25, 0.3) is 0 Å². The van der Waals surface area contributed by atoms with Crippen LogP contribution in [0.3, 0.4) is 0 Å². The molecule has 8 nitrogen and oxygen atoms in total. The van der Waals surface area contributed by atoms with Crippen molar-refractivity contribution < 1.29 is 29.4 Å². The van der Waals surface area contributed by atoms with Crippen molar-refractivity contribution >= 4 is 23.8 Å². The average molecular weight is 312 g/mol. The number of unbranched alkanes of at least 4 members (excludes halogenated alkanes) is 3. The molecule has 0 aliphatic carbocycles. The van der Waals surface area contributed by atoms with Crippen molar-refractivity contribution in [1.82, 2.24) is 0 Å². The van der Waals surface area contributed by atoms with Gasteiger partial charge in [0.05, 0.1) is 0 Å². The number of carbonyl (C=O) groups is 4. The third kappa shape index (κ3) is 9.29. The van der Waals surface area contributed by atoms with E-state index in [0.29, 0.717) is 25.7 Å². The highest BCUT2D eigenvalue weighted by Crippen LogP contribution is 2.13. The molecule has 6 N–H and O–H groups in total. The monoisotopic (exact) mass is 312 g/mol. The molecule has 0 fully saturated rings. The second-order valence-corrected chi connectivity index (χ2v) is 4.66. The Morgan fingerprint density at radius 1 is 0.682 bits per heavy atom. The van der Waals surface area contributed by atoms with Crippen LogP contribution in [-0.4, -0.2) is 34.0 Å². The van der Waals surface area contributed by atoms with Crippen molar-refractivity contribution in [2.75, 3.05) is 0 Å². The number of nitrogens with two attached hydrogens (primary N) is 2. The Morgan fingerprint density at radius 2 is 1.00 bits per heavy atom. The highest BCUT2D eigenvalue weighted by molar-refractivity contribution is 5.98. The number of carbonyl (C=O) groups excluding carboxylic acids is 2. The predicted molar refractivity (Wildman–Crippen MR) is 77.5 cm³/mol. The van der Waals surface area contributed by atoms with Gasteiger partial charge in [-0.3, -0.25) is 9.59 Å². The van der Waals surface area contributed by atoms with Crippen molar-refractivity contribution in [1.29, 1.82) is 0 Å². The molecule has 0 aliphatic rings. The molecule has 0 unspecified atom stereocenters. The molecule has 122 valence electrons. The third-order valence-electron chi connectivity index (χ3n) is 2.87. The average Bonchev–Trinajstić information content (AvgIpc) is 2.38. The smallest absolute Gasteiger partial charge is 0.328 e. The minimum atomic E-state index is -1.22. The molecule has 0 bridgehead atoms. The Kier molecular flexibility index (Phi) is 8.92. The Morgan fingerprint density at radius 3 is 1.23 bits per heavy atom. The minimum absolute atomic E-state index is 0.0519. The molecule has 0 atom stereocenters. The quantitative estimate of drug-likeness (QED) is 0.317. The van der Waals surface area contributed by atoms with Crippen molar-refractivity contribution in [3.05, 3.63) is 23.3 Å². The summed E-state index contributed by atoms with van der Waals surface area (Å²) in [5.74, 6) is -3.97. The van der Waals surface area contributed by atoms with Gasteiger partial charge in [-0.05, 0) is 25.7 Å². The highest BCUT2D eigenvalue weighted by Gasteiger charge is 2.09. The first-order chi connectivity index (χ1) is 10.2. The molecule has 0 saturated carbocycles. The largest absolute Gasteiger partial charge is 0.478 e. The molecule has 0 spiro atoms. The molecule has 2 amide bonds. The zero-order valence-corrected chi connectivity index (χ0v) is 12.1. The fourth-order valence-electron chi connectivity index (χ4n) is 1.82. The van der Waals surface area contributed by atoms with E-state index in [9.17, 15) is 19.2 Å². The molecule has 0 aromatic rings. The van der Waals surface area contributed by atoms with E-state index in [2.05, 4.69) is 0 Å². The van der Waals surface area contributed by atoms with Crippen LogP contribution in [0.5, 0.6) is 0 Å². The van der Waals surface area contributed by atoms with Crippen LogP contribution >= 0.6 is 0 Å². The lowest BCUT2D eigenvalue weighted by molar-refractivity contribution is -0.132. The first kappa shape index (κ1) is 19.4. The van der Waals surface area contributed by atoms with E-state index in [4.69, 9.17) is 21.7 Å². The van der Waals surface area contributed by atoms with E-state index in [1.54, 1.807) is 0 Å². The van der Waals surface area contributed by atoms with Crippen LogP contribution in [0.2, 0.25) is 0 Å². The lowest BCUT2D eigenvalue weighted by Gasteiger charge is -2.04. The van der Waals surface area contributed by atoms with Crippen LogP contribution < -0.4 is 11.5 Å². The van der Waals surface area contributed by atoms with Gasteiger partial charge in [0, 0.05) is 23.3 Å². The van der Waals surface area contributed by atoms with E-state index in [1.165, 1.54) is 0 Å². The SMILES string of the molecule is NC(=O)C(=CC(=O)O)CCCCCC/C(=C/C(=O)O)C(N)=O. The van der Waals surface area contributed by atoms with Gasteiger partial charge in [-0.25, -0.2) is 9.59 Å². The minimum Gasteiger partial charge on any atom is -0.478 e. The van der Waals surface area contributed by atoms with Crippen LogP contribution in [0, 0.1) is 0 Å². The summed E-state index contributed by atoms with van der Waals surface area (Å²) in [5, 5.41) is 17.2. The standard InChI is InChI=1S/C14H20N2O6/c15-13(21)9(7-11(17)18)5-3-1-2-4-6-10(14(16)22)8-12(19)20/h7-8H,1-6H2,(H2,15,21)(H2,16,22)(H,17,18)(H,19,20)/b9-7-,10-8?. The van der Waals surface area contributed by atoms with Crippen LogP contribution in [0.15, 0.2) is 23.3 Å². The van der Waals surface area contributed by atoms with Crippen LogP contribution in [-0.2, 0) is 19.2 Å². The summed E-state index contributed by atoms with van der Waals surface area (Å²) in [7, 11) is 0. The van der Waals surface area contributed by atoms with Crippen molar-refractivity contribution in [2.24, 2.45) is 11.5 Å². The topological polar surface area (TPSA) is 161 Å². The number of hydrogen-bond acceptors (Lipinski definition) is 4. The molecule has 0 saturated heterocycles. The van der Waals surface area contributed by atoms with Crippen molar-refractivity contribution in [2.45, 2.75) is 38.5 Å². The Labute approximate surface area is 127 Å². The van der Waals surface area contributed by atoms with Gasteiger partial charge in [-0.2, -0.15) is 0 Å². The first-order valence-electron chi connectivity index (χ1n) is 6.70. The van der Waals surface area contributed by atoms with Gasteiger partial charge in [0.15, 0.2) is 0 Å². The molecular formula is C14H20N2O6. The molecule has 0 rings (SSSR count). The molecular weight excluding hydrogens is 292 g/mol. The molecule has 0 aromatic heterocycles. The zero-order chi connectivity index (χ0) is 17.1. The molecule has 0 aliphatic heterocycles. The number of aliphatic carboxylic acids is 2. The number of carboxylic acid groups (broad SMARTS) is 2. The highest BCUT2D eigenvalue weighted by atomic mass is 16.4. The summed E-state index contributed by atoms with van der Waals surface area (Å²) in [6.45, 7) is 0. The maximum atomic E-state index is 11.0. The Bertz CT molecular complexity index is 461. The van der Waals surface area contributed by atoms with Gasteiger partial charge in [-0.1, -0.05) is 12.8 Å². The molecule has 22 heavy (non-hydrogen) atoms. The van der Waals surface area contributed by atoms with Gasteiger partial charge in [-0.15, -0.1) is 0 Å². The molecule has 0 aromatic carbocycles. The van der Waals surface area contributed by atoms with E-state index >= 15 is 0 Å². The third-order valence-corrected chi connectivity index (χ3v) is 2.87. The molecule has 0 heterocycles. The lowest BCUT2D eigenvalue weighted by Crippen LogP contribution is -2.15. The zero-order valence-electron chi connectivity index (χ0n) is 12.1. The Balaban J connectivity index is 4.13. The van der Waals surface area contributed by atoms with Gasteiger partial charge in [0.25, 0.3) is 0 Å². The van der Waals surface area contributed by atoms with Crippen molar-refractivity contribution in [3.63, 3.8) is 0 Å². The second kappa shape index (κ2) is 10.1. The fourth-order valence-corrected chi connectivity index (χ4v) is 1.82. The number of primary amides is 2. The summed E-state index contributed by atoms with van der Waals surface area (Å²) in [5.41, 5.74) is 10.2. The van der Waals surface area contributed by atoms with Crippen molar-refractivity contribution in [3.8, 4) is 0 Å². The van der Waals surface area contributed by atoms with E-state index < -0.39 is 23.8 Å². The van der Waals surface area contributed by atoms with Crippen LogP contribution in [0.4, 0.5) is 0 Å². The number of carboxylic acids is 2. The first-order valence-corrected chi connectivity index (χ1v) is 6.70. The molecule has 0 radical (unpaired) electrons. The number of rotatable bonds is 11. The summed E-state index contributed by atoms with van der Waals surface area (Å²) in [6, 6.07) is 0. The normalized spacial score (nSPS) is 12.0. The van der Waals surface area contributed by atoms with Crippen LogP contribution in [0.1, 0.15) is 38.5 Å². The maximum Gasteiger partial charge on any atom is 0.328 e. The van der Waals surface area contributed by atoms with Gasteiger partial charge in [0.1, 0.15) is 0 Å². The summed E-state index contributed by atoms with van der Waals surface area (Å²) in [6.07, 6.45) is 4.61. The van der Waals surface area contributed by atoms with Gasteiger partial charge in [0.2, 0.25) is 11.8 Å². The summed E-state index contributed by atoms with van der Waals surface area (Å²) in [4.78, 5) is 43.0. The fraction of sp³-hybridized carbons (Fsp3) is 0.429. The van der Waals surface area contributed by atoms with E-state index in [1.807, 2.05) is 0 Å². The maximum absolute atomic E-state index is 11.0. The predicted octanol–water partition coefficient (Wildman–Crippen LogP) is 0.320. The Hall–Kier alpha value is -2.64.